The Morgan fingerprint density at radius 3 is 1.62 bits per heavy atom. The third kappa shape index (κ3) is 4.73. The molecule has 4 nitrogen and oxygen atoms in total. The zero-order valence-corrected chi connectivity index (χ0v) is 27.0. The highest BCUT2D eigenvalue weighted by atomic mass is 16.3. The molecule has 1 aliphatic heterocycles. The average molecular weight is 643 g/mol. The number of nitrogens with zero attached hydrogens (tertiary/aromatic N) is 1. The number of para-hydroxylation sites is 2. The number of benzene rings is 7. The second-order valence-electron chi connectivity index (χ2n) is 12.8. The number of fused-ring (bicyclic) bond motifs is 6. The molecule has 9 aromatic rings. The monoisotopic (exact) mass is 642 g/mol. The minimum atomic E-state index is -0.263. The molecule has 0 spiro atoms. The molecule has 0 amide bonds. The fourth-order valence-corrected chi connectivity index (χ4v) is 7.28. The van der Waals surface area contributed by atoms with Gasteiger partial charge in [-0.1, -0.05) is 146 Å². The van der Waals surface area contributed by atoms with Crippen LogP contribution in [0.25, 0.3) is 71.8 Å². The van der Waals surface area contributed by atoms with Crippen LogP contribution in [0, 0.1) is 0 Å². The highest BCUT2D eigenvalue weighted by Crippen LogP contribution is 2.42. The van der Waals surface area contributed by atoms with E-state index < -0.39 is 0 Å². The normalized spacial score (nSPS) is 14.6. The van der Waals surface area contributed by atoms with Crippen LogP contribution in [-0.2, 0) is 0 Å². The summed E-state index contributed by atoms with van der Waals surface area (Å²) in [7, 11) is 0. The van der Waals surface area contributed by atoms with Crippen molar-refractivity contribution in [1.29, 1.82) is 0 Å². The summed E-state index contributed by atoms with van der Waals surface area (Å²) in [5, 5.41) is 8.03. The van der Waals surface area contributed by atoms with Gasteiger partial charge in [0.15, 0.2) is 0 Å². The molecule has 1 unspecified atom stereocenters. The van der Waals surface area contributed by atoms with Crippen molar-refractivity contribution in [2.45, 2.75) is 6.17 Å². The van der Waals surface area contributed by atoms with E-state index >= 15 is 0 Å². The zero-order chi connectivity index (χ0) is 33.0. The molecule has 0 aliphatic carbocycles. The summed E-state index contributed by atoms with van der Waals surface area (Å²) < 4.78 is 13.2. The maximum absolute atomic E-state index is 6.68. The van der Waals surface area contributed by atoms with Gasteiger partial charge in [0, 0.05) is 44.4 Å². The van der Waals surface area contributed by atoms with Crippen LogP contribution in [0.1, 0.15) is 22.9 Å². The van der Waals surface area contributed by atoms with Crippen LogP contribution in [0.3, 0.4) is 0 Å². The largest absolute Gasteiger partial charge is 0.455 e. The van der Waals surface area contributed by atoms with Crippen molar-refractivity contribution in [2.24, 2.45) is 4.99 Å². The Balaban J connectivity index is 1.07. The molecule has 7 aromatic carbocycles. The van der Waals surface area contributed by atoms with E-state index in [0.29, 0.717) is 0 Å². The van der Waals surface area contributed by atoms with Gasteiger partial charge in [-0.05, 0) is 46.0 Å². The SMILES string of the molecule is C1=C(c2ccccc2)NC(c2cccc(-c3cccc4c3oc3cc5oc6c(-c7ccccc7)cccc6c5cc34)c2)N=C1c1ccccc1. The molecule has 1 aliphatic rings. The first-order valence-electron chi connectivity index (χ1n) is 16.9. The summed E-state index contributed by atoms with van der Waals surface area (Å²) in [4.78, 5) is 5.20. The number of allylic oxidation sites excluding steroid dienone is 1. The van der Waals surface area contributed by atoms with Gasteiger partial charge in [0.05, 0.1) is 5.71 Å². The maximum Gasteiger partial charge on any atom is 0.145 e. The molecule has 2 aromatic heterocycles. The summed E-state index contributed by atoms with van der Waals surface area (Å²) in [5.41, 5.74) is 13.0. The van der Waals surface area contributed by atoms with E-state index in [1.54, 1.807) is 0 Å². The lowest BCUT2D eigenvalue weighted by Crippen LogP contribution is -2.24. The molecule has 1 atom stereocenters. The second-order valence-corrected chi connectivity index (χ2v) is 12.8. The molecule has 10 rings (SSSR count). The second kappa shape index (κ2) is 11.5. The lowest BCUT2D eigenvalue weighted by Gasteiger charge is -2.25. The van der Waals surface area contributed by atoms with Gasteiger partial charge in [-0.3, -0.25) is 4.99 Å². The van der Waals surface area contributed by atoms with Gasteiger partial charge in [-0.25, -0.2) is 0 Å². The van der Waals surface area contributed by atoms with Gasteiger partial charge >= 0.3 is 0 Å². The fraction of sp³-hybridized carbons (Fsp3) is 0.0217. The molecule has 1 N–H and O–H groups in total. The smallest absolute Gasteiger partial charge is 0.145 e. The molecular weight excluding hydrogens is 613 g/mol. The summed E-state index contributed by atoms with van der Waals surface area (Å²) in [6, 6.07) is 56.9. The summed E-state index contributed by atoms with van der Waals surface area (Å²) in [6.45, 7) is 0. The van der Waals surface area contributed by atoms with Gasteiger partial charge < -0.3 is 14.2 Å². The van der Waals surface area contributed by atoms with E-state index in [0.717, 1.165) is 94.2 Å². The molecule has 3 heterocycles. The van der Waals surface area contributed by atoms with Crippen molar-refractivity contribution < 1.29 is 8.83 Å². The van der Waals surface area contributed by atoms with Gasteiger partial charge in [0.1, 0.15) is 28.5 Å². The minimum absolute atomic E-state index is 0.263. The molecular formula is C46H30N2O2. The Bertz CT molecular complexity index is 2770. The third-order valence-electron chi connectivity index (χ3n) is 9.71. The summed E-state index contributed by atoms with van der Waals surface area (Å²) >= 11 is 0. The van der Waals surface area contributed by atoms with Crippen molar-refractivity contribution in [3.8, 4) is 22.3 Å². The van der Waals surface area contributed by atoms with E-state index in [9.17, 15) is 0 Å². The van der Waals surface area contributed by atoms with Crippen molar-refractivity contribution in [3.05, 3.63) is 187 Å². The van der Waals surface area contributed by atoms with Gasteiger partial charge in [-0.2, -0.15) is 0 Å². The lowest BCUT2D eigenvalue weighted by molar-refractivity contribution is 0.657. The van der Waals surface area contributed by atoms with Crippen LogP contribution < -0.4 is 5.32 Å². The Kier molecular flexibility index (Phi) is 6.53. The highest BCUT2D eigenvalue weighted by molar-refractivity contribution is 6.18. The van der Waals surface area contributed by atoms with E-state index in [1.807, 2.05) is 24.3 Å². The van der Waals surface area contributed by atoms with Gasteiger partial charge in [-0.15, -0.1) is 0 Å². The van der Waals surface area contributed by atoms with Crippen molar-refractivity contribution in [3.63, 3.8) is 0 Å². The summed E-state index contributed by atoms with van der Waals surface area (Å²) in [6.07, 6.45) is 1.88. The van der Waals surface area contributed by atoms with Gasteiger partial charge in [0.2, 0.25) is 0 Å². The number of furan rings is 2. The first-order chi connectivity index (χ1) is 24.8. The van der Waals surface area contributed by atoms with E-state index in [2.05, 4.69) is 151 Å². The maximum atomic E-state index is 6.68. The molecule has 0 radical (unpaired) electrons. The molecule has 0 saturated heterocycles. The van der Waals surface area contributed by atoms with E-state index in [4.69, 9.17) is 13.8 Å². The van der Waals surface area contributed by atoms with E-state index in [-0.39, 0.29) is 6.17 Å². The molecule has 50 heavy (non-hydrogen) atoms. The number of nitrogens with one attached hydrogen (secondary N) is 1. The molecule has 0 saturated carbocycles. The number of hydrogen-bond donors (Lipinski definition) is 1. The molecule has 4 heteroatoms. The van der Waals surface area contributed by atoms with Crippen LogP contribution in [-0.4, -0.2) is 5.71 Å². The van der Waals surface area contributed by atoms with Crippen LogP contribution in [0.5, 0.6) is 0 Å². The number of rotatable bonds is 5. The number of aliphatic imine (C=N–C) groups is 1. The quantitative estimate of drug-likeness (QED) is 0.203. The van der Waals surface area contributed by atoms with Crippen molar-refractivity contribution in [1.82, 2.24) is 5.32 Å². The highest BCUT2D eigenvalue weighted by Gasteiger charge is 2.21. The Hall–Kier alpha value is -6.65. The van der Waals surface area contributed by atoms with E-state index in [1.165, 1.54) is 0 Å². The Morgan fingerprint density at radius 1 is 0.440 bits per heavy atom. The molecule has 0 bridgehead atoms. The standard InChI is InChI=1S/C46H30N2O2/c1-4-13-29(14-5-1)34-21-11-23-36-38-26-39-37-24-12-22-35(45(37)50-43(39)28-42(38)49-44(34)36)32-19-10-20-33(25-32)46-47-40(30-15-6-2-7-16-30)27-41(48-46)31-17-8-3-9-18-31/h1-28,46-47H. The van der Waals surface area contributed by atoms with Crippen LogP contribution in [0.4, 0.5) is 0 Å². The van der Waals surface area contributed by atoms with Crippen LogP contribution in [0.15, 0.2) is 184 Å². The lowest BCUT2D eigenvalue weighted by atomic mass is 9.98. The average Bonchev–Trinajstić information content (AvgIpc) is 3.75. The predicted octanol–water partition coefficient (Wildman–Crippen LogP) is 12.0. The Labute approximate surface area is 288 Å². The molecule has 0 fully saturated rings. The Morgan fingerprint density at radius 2 is 0.980 bits per heavy atom. The van der Waals surface area contributed by atoms with Crippen LogP contribution in [0.2, 0.25) is 0 Å². The topological polar surface area (TPSA) is 50.7 Å². The fourth-order valence-electron chi connectivity index (χ4n) is 7.28. The summed E-state index contributed by atoms with van der Waals surface area (Å²) in [5.74, 6) is 0. The first kappa shape index (κ1) is 28.4. The van der Waals surface area contributed by atoms with Crippen molar-refractivity contribution in [2.75, 3.05) is 0 Å². The van der Waals surface area contributed by atoms with Gasteiger partial charge in [0.25, 0.3) is 0 Å². The predicted molar refractivity (Wildman–Crippen MR) is 205 cm³/mol. The van der Waals surface area contributed by atoms with Crippen molar-refractivity contribution >= 4 is 55.3 Å². The third-order valence-corrected chi connectivity index (χ3v) is 9.71. The number of hydrogen-bond acceptors (Lipinski definition) is 4. The minimum Gasteiger partial charge on any atom is -0.455 e. The first-order valence-corrected chi connectivity index (χ1v) is 16.9. The zero-order valence-electron chi connectivity index (χ0n) is 27.0. The molecule has 236 valence electrons. The van der Waals surface area contributed by atoms with Crippen LogP contribution >= 0.6 is 0 Å².